The van der Waals surface area contributed by atoms with Crippen LogP contribution >= 0.6 is 15.9 Å². The molecule has 1 aromatic heterocycles. The Morgan fingerprint density at radius 2 is 1.84 bits per heavy atom. The maximum atomic E-state index is 12.3. The highest BCUT2D eigenvalue weighted by atomic mass is 79.9. The molecular weight excluding hydrogens is 386 g/mol. The van der Waals surface area contributed by atoms with Crippen LogP contribution in [0.15, 0.2) is 45.5 Å². The Balaban J connectivity index is 1.71. The van der Waals surface area contributed by atoms with Crippen molar-refractivity contribution >= 4 is 39.1 Å². The monoisotopic (exact) mass is 405 g/mol. The molecular formula is C18H20BrN3O3. The van der Waals surface area contributed by atoms with E-state index in [0.717, 1.165) is 24.5 Å². The zero-order valence-corrected chi connectivity index (χ0v) is 15.6. The molecule has 0 atom stereocenters. The number of nitrogens with zero attached hydrogens (tertiary/aromatic N) is 2. The minimum atomic E-state index is -0.294. The predicted molar refractivity (Wildman–Crippen MR) is 99.9 cm³/mol. The van der Waals surface area contributed by atoms with Gasteiger partial charge in [0.2, 0.25) is 5.91 Å². The van der Waals surface area contributed by atoms with E-state index in [1.165, 1.54) is 0 Å². The molecule has 25 heavy (non-hydrogen) atoms. The van der Waals surface area contributed by atoms with E-state index in [-0.39, 0.29) is 17.6 Å². The van der Waals surface area contributed by atoms with E-state index in [0.29, 0.717) is 24.2 Å². The summed E-state index contributed by atoms with van der Waals surface area (Å²) in [7, 11) is 0. The Morgan fingerprint density at radius 1 is 1.12 bits per heavy atom. The third kappa shape index (κ3) is 4.04. The van der Waals surface area contributed by atoms with Crippen LogP contribution in [0, 0.1) is 0 Å². The standard InChI is InChI=1S/C18H20BrN3O3/c1-2-17(23)22-11-9-21(10-12-22)14-6-4-3-5-13(14)20-18(24)15-7-8-16(19)25-15/h3-8H,2,9-12H2,1H3,(H,20,24). The van der Waals surface area contributed by atoms with E-state index in [2.05, 4.69) is 26.1 Å². The highest BCUT2D eigenvalue weighted by molar-refractivity contribution is 9.10. The van der Waals surface area contributed by atoms with Crippen LogP contribution in [-0.4, -0.2) is 42.9 Å². The van der Waals surface area contributed by atoms with E-state index >= 15 is 0 Å². The van der Waals surface area contributed by atoms with Crippen molar-refractivity contribution in [2.75, 3.05) is 36.4 Å². The molecule has 2 amide bonds. The number of anilines is 2. The van der Waals surface area contributed by atoms with Crippen molar-refractivity contribution in [3.05, 3.63) is 46.8 Å². The summed E-state index contributed by atoms with van der Waals surface area (Å²) in [5.74, 6) is 0.141. The summed E-state index contributed by atoms with van der Waals surface area (Å²) >= 11 is 3.20. The lowest BCUT2D eigenvalue weighted by Crippen LogP contribution is -2.48. The fourth-order valence-corrected chi connectivity index (χ4v) is 3.20. The third-order valence-electron chi connectivity index (χ3n) is 4.22. The van der Waals surface area contributed by atoms with Gasteiger partial charge in [-0.3, -0.25) is 9.59 Å². The molecule has 0 spiro atoms. The molecule has 2 aromatic rings. The van der Waals surface area contributed by atoms with Crippen molar-refractivity contribution in [1.82, 2.24) is 4.90 Å². The zero-order valence-electron chi connectivity index (χ0n) is 14.0. The molecule has 2 heterocycles. The summed E-state index contributed by atoms with van der Waals surface area (Å²) in [5, 5.41) is 2.91. The number of piperazine rings is 1. The van der Waals surface area contributed by atoms with Crippen LogP contribution in [-0.2, 0) is 4.79 Å². The van der Waals surface area contributed by atoms with Crippen LogP contribution in [0.4, 0.5) is 11.4 Å². The topological polar surface area (TPSA) is 65.8 Å². The van der Waals surface area contributed by atoms with Crippen LogP contribution in [0.2, 0.25) is 0 Å². The van der Waals surface area contributed by atoms with Crippen LogP contribution in [0.1, 0.15) is 23.9 Å². The second-order valence-electron chi connectivity index (χ2n) is 5.80. The number of para-hydroxylation sites is 2. The molecule has 6 nitrogen and oxygen atoms in total. The Kier molecular flexibility index (Phi) is 5.43. The Labute approximate surface area is 154 Å². The summed E-state index contributed by atoms with van der Waals surface area (Å²) in [4.78, 5) is 28.2. The first-order valence-electron chi connectivity index (χ1n) is 8.27. The first-order chi connectivity index (χ1) is 12.1. The molecule has 0 saturated carbocycles. The molecule has 1 N–H and O–H groups in total. The van der Waals surface area contributed by atoms with Crippen molar-refractivity contribution in [3.8, 4) is 0 Å². The number of halogens is 1. The van der Waals surface area contributed by atoms with Gasteiger partial charge in [-0.1, -0.05) is 19.1 Å². The van der Waals surface area contributed by atoms with Gasteiger partial charge in [0, 0.05) is 32.6 Å². The van der Waals surface area contributed by atoms with E-state index in [9.17, 15) is 9.59 Å². The maximum Gasteiger partial charge on any atom is 0.291 e. The average Bonchev–Trinajstić information content (AvgIpc) is 3.08. The van der Waals surface area contributed by atoms with Gasteiger partial charge in [0.25, 0.3) is 5.91 Å². The smallest absolute Gasteiger partial charge is 0.291 e. The molecule has 1 aliphatic rings. The van der Waals surface area contributed by atoms with E-state index in [4.69, 9.17) is 4.42 Å². The minimum Gasteiger partial charge on any atom is -0.444 e. The summed E-state index contributed by atoms with van der Waals surface area (Å²) in [6.07, 6.45) is 0.533. The number of nitrogens with one attached hydrogen (secondary N) is 1. The normalized spacial score (nSPS) is 14.5. The van der Waals surface area contributed by atoms with Crippen LogP contribution in [0.3, 0.4) is 0 Å². The first kappa shape index (κ1) is 17.5. The van der Waals surface area contributed by atoms with Gasteiger partial charge in [-0.05, 0) is 40.2 Å². The van der Waals surface area contributed by atoms with Gasteiger partial charge < -0.3 is 19.5 Å². The second kappa shape index (κ2) is 7.74. The van der Waals surface area contributed by atoms with Crippen LogP contribution in [0.25, 0.3) is 0 Å². The summed E-state index contributed by atoms with van der Waals surface area (Å²) in [6, 6.07) is 11.0. The first-order valence-corrected chi connectivity index (χ1v) is 9.06. The number of carbonyl (C=O) groups excluding carboxylic acids is 2. The molecule has 1 aliphatic heterocycles. The maximum absolute atomic E-state index is 12.3. The summed E-state index contributed by atoms with van der Waals surface area (Å²) < 4.78 is 5.82. The van der Waals surface area contributed by atoms with Gasteiger partial charge in [-0.15, -0.1) is 0 Å². The number of furan rings is 1. The largest absolute Gasteiger partial charge is 0.444 e. The van der Waals surface area contributed by atoms with Crippen LogP contribution < -0.4 is 10.2 Å². The molecule has 7 heteroatoms. The molecule has 132 valence electrons. The van der Waals surface area contributed by atoms with E-state index < -0.39 is 0 Å². The van der Waals surface area contributed by atoms with Crippen molar-refractivity contribution < 1.29 is 14.0 Å². The Hall–Kier alpha value is -2.28. The molecule has 3 rings (SSSR count). The minimum absolute atomic E-state index is 0.185. The summed E-state index contributed by atoms with van der Waals surface area (Å²) in [5.41, 5.74) is 1.68. The number of hydrogen-bond acceptors (Lipinski definition) is 4. The number of benzene rings is 1. The van der Waals surface area contributed by atoms with E-state index in [1.807, 2.05) is 36.1 Å². The zero-order chi connectivity index (χ0) is 17.8. The summed E-state index contributed by atoms with van der Waals surface area (Å²) in [6.45, 7) is 4.75. The van der Waals surface area contributed by atoms with Gasteiger partial charge in [-0.25, -0.2) is 0 Å². The van der Waals surface area contributed by atoms with Crippen molar-refractivity contribution in [3.63, 3.8) is 0 Å². The number of hydrogen-bond donors (Lipinski definition) is 1. The molecule has 0 aliphatic carbocycles. The average molecular weight is 406 g/mol. The lowest BCUT2D eigenvalue weighted by Gasteiger charge is -2.36. The van der Waals surface area contributed by atoms with Crippen molar-refractivity contribution in [1.29, 1.82) is 0 Å². The Bertz CT molecular complexity index is 766. The fraction of sp³-hybridized carbons (Fsp3) is 0.333. The van der Waals surface area contributed by atoms with Gasteiger partial charge in [0.15, 0.2) is 10.4 Å². The van der Waals surface area contributed by atoms with Gasteiger partial charge >= 0.3 is 0 Å². The van der Waals surface area contributed by atoms with Gasteiger partial charge in [0.05, 0.1) is 11.4 Å². The third-order valence-corrected chi connectivity index (χ3v) is 4.65. The quantitative estimate of drug-likeness (QED) is 0.846. The number of amides is 2. The fourth-order valence-electron chi connectivity index (χ4n) is 2.90. The van der Waals surface area contributed by atoms with Crippen molar-refractivity contribution in [2.24, 2.45) is 0 Å². The van der Waals surface area contributed by atoms with Crippen LogP contribution in [0.5, 0.6) is 0 Å². The number of carbonyl (C=O) groups is 2. The number of rotatable bonds is 4. The molecule has 0 unspecified atom stereocenters. The SMILES string of the molecule is CCC(=O)N1CCN(c2ccccc2NC(=O)c2ccc(Br)o2)CC1. The van der Waals surface area contributed by atoms with E-state index in [1.54, 1.807) is 12.1 Å². The molecule has 0 bridgehead atoms. The molecule has 1 aromatic carbocycles. The highest BCUT2D eigenvalue weighted by Gasteiger charge is 2.22. The predicted octanol–water partition coefficient (Wildman–Crippen LogP) is 3.35. The highest BCUT2D eigenvalue weighted by Crippen LogP contribution is 2.27. The lowest BCUT2D eigenvalue weighted by atomic mass is 10.2. The molecule has 1 saturated heterocycles. The molecule has 0 radical (unpaired) electrons. The second-order valence-corrected chi connectivity index (χ2v) is 6.58. The van der Waals surface area contributed by atoms with Gasteiger partial charge in [0.1, 0.15) is 0 Å². The van der Waals surface area contributed by atoms with Gasteiger partial charge in [-0.2, -0.15) is 0 Å². The lowest BCUT2D eigenvalue weighted by molar-refractivity contribution is -0.131. The van der Waals surface area contributed by atoms with Crippen molar-refractivity contribution in [2.45, 2.75) is 13.3 Å². The molecule has 1 fully saturated rings. The Morgan fingerprint density at radius 3 is 2.48 bits per heavy atom.